The van der Waals surface area contributed by atoms with E-state index in [1.54, 1.807) is 18.4 Å². The largest absolute Gasteiger partial charge is 0.463 e. The fourth-order valence-corrected chi connectivity index (χ4v) is 1.47. The Labute approximate surface area is 104 Å². The molecule has 0 spiro atoms. The van der Waals surface area contributed by atoms with Gasteiger partial charge >= 0.3 is 0 Å². The topological polar surface area (TPSA) is 83.3 Å². The molecule has 0 aliphatic heterocycles. The minimum Gasteiger partial charge on any atom is -0.463 e. The molecule has 2 rings (SSSR count). The standard InChI is InChI=1S/C12H14N4O2/c1-2-4-9-7-11(17)15-12(14-9)16-13-8-10-5-3-6-18-10/h3,5-8H,2,4H2,1H3,(H2,14,15,16,17)/b13-8-. The van der Waals surface area contributed by atoms with Gasteiger partial charge in [0.25, 0.3) is 5.56 Å². The first kappa shape index (κ1) is 12.1. The van der Waals surface area contributed by atoms with Crippen molar-refractivity contribution in [3.8, 4) is 0 Å². The van der Waals surface area contributed by atoms with E-state index in [9.17, 15) is 4.79 Å². The van der Waals surface area contributed by atoms with Crippen LogP contribution in [-0.2, 0) is 6.42 Å². The summed E-state index contributed by atoms with van der Waals surface area (Å²) < 4.78 is 5.08. The average molecular weight is 246 g/mol. The van der Waals surface area contributed by atoms with Crippen LogP contribution in [-0.4, -0.2) is 16.2 Å². The van der Waals surface area contributed by atoms with E-state index >= 15 is 0 Å². The Balaban J connectivity index is 2.07. The number of anilines is 1. The van der Waals surface area contributed by atoms with E-state index in [1.165, 1.54) is 12.3 Å². The number of aryl methyl sites for hydroxylation is 1. The average Bonchev–Trinajstić information content (AvgIpc) is 2.82. The minimum absolute atomic E-state index is 0.191. The van der Waals surface area contributed by atoms with Gasteiger partial charge in [0.05, 0.1) is 12.5 Å². The Bertz CT molecular complexity index is 572. The molecule has 18 heavy (non-hydrogen) atoms. The van der Waals surface area contributed by atoms with Gasteiger partial charge in [-0.2, -0.15) is 5.10 Å². The highest BCUT2D eigenvalue weighted by Gasteiger charge is 1.99. The maximum Gasteiger partial charge on any atom is 0.252 e. The molecule has 0 aliphatic rings. The Morgan fingerprint density at radius 2 is 2.50 bits per heavy atom. The molecular weight excluding hydrogens is 232 g/mol. The highest BCUT2D eigenvalue weighted by molar-refractivity contribution is 5.76. The van der Waals surface area contributed by atoms with Crippen molar-refractivity contribution in [2.75, 3.05) is 5.43 Å². The fourth-order valence-electron chi connectivity index (χ4n) is 1.47. The number of hydrogen-bond donors (Lipinski definition) is 2. The van der Waals surface area contributed by atoms with E-state index in [0.717, 1.165) is 18.5 Å². The fraction of sp³-hybridized carbons (Fsp3) is 0.250. The van der Waals surface area contributed by atoms with Crippen molar-refractivity contribution in [1.82, 2.24) is 9.97 Å². The van der Waals surface area contributed by atoms with Crippen molar-refractivity contribution in [1.29, 1.82) is 0 Å². The summed E-state index contributed by atoms with van der Waals surface area (Å²) in [4.78, 5) is 18.2. The maximum atomic E-state index is 11.4. The monoisotopic (exact) mass is 246 g/mol. The number of aromatic nitrogens is 2. The van der Waals surface area contributed by atoms with Gasteiger partial charge in [0.15, 0.2) is 0 Å². The maximum absolute atomic E-state index is 11.4. The van der Waals surface area contributed by atoms with Crippen molar-refractivity contribution in [3.63, 3.8) is 0 Å². The summed E-state index contributed by atoms with van der Waals surface area (Å²) in [5.41, 5.74) is 3.22. The molecule has 94 valence electrons. The third kappa shape index (κ3) is 3.31. The summed E-state index contributed by atoms with van der Waals surface area (Å²) in [6.45, 7) is 2.03. The lowest BCUT2D eigenvalue weighted by Crippen LogP contribution is -2.11. The molecule has 0 radical (unpaired) electrons. The molecule has 6 nitrogen and oxygen atoms in total. The second-order valence-electron chi connectivity index (χ2n) is 3.72. The summed E-state index contributed by atoms with van der Waals surface area (Å²) >= 11 is 0. The van der Waals surface area contributed by atoms with Crippen molar-refractivity contribution >= 4 is 12.2 Å². The van der Waals surface area contributed by atoms with E-state index in [2.05, 4.69) is 20.5 Å². The summed E-state index contributed by atoms with van der Waals surface area (Å²) in [6, 6.07) is 5.03. The smallest absolute Gasteiger partial charge is 0.252 e. The van der Waals surface area contributed by atoms with Crippen LogP contribution in [0.2, 0.25) is 0 Å². The molecule has 0 unspecified atom stereocenters. The normalized spacial score (nSPS) is 10.9. The van der Waals surface area contributed by atoms with Gasteiger partial charge in [0.2, 0.25) is 5.95 Å². The van der Waals surface area contributed by atoms with E-state index in [0.29, 0.717) is 11.7 Å². The number of hydrogen-bond acceptors (Lipinski definition) is 5. The summed E-state index contributed by atoms with van der Waals surface area (Å²) in [5.74, 6) is 0.948. The summed E-state index contributed by atoms with van der Waals surface area (Å²) in [6.07, 6.45) is 4.77. The van der Waals surface area contributed by atoms with Crippen LogP contribution in [0.1, 0.15) is 24.8 Å². The summed E-state index contributed by atoms with van der Waals surface area (Å²) in [7, 11) is 0. The molecule has 0 atom stereocenters. The Morgan fingerprint density at radius 1 is 1.61 bits per heavy atom. The first-order chi connectivity index (χ1) is 8.78. The second-order valence-corrected chi connectivity index (χ2v) is 3.72. The SMILES string of the molecule is CCCc1cc(=O)[nH]c(N/N=C\c2ccco2)n1. The van der Waals surface area contributed by atoms with Crippen molar-refractivity contribution in [2.45, 2.75) is 19.8 Å². The zero-order valence-corrected chi connectivity index (χ0v) is 10.0. The molecule has 0 amide bonds. The Hall–Kier alpha value is -2.37. The Morgan fingerprint density at radius 3 is 3.22 bits per heavy atom. The molecular formula is C12H14N4O2. The third-order valence-corrected chi connectivity index (χ3v) is 2.21. The van der Waals surface area contributed by atoms with Crippen LogP contribution in [0.3, 0.4) is 0 Å². The molecule has 0 bridgehead atoms. The second kappa shape index (κ2) is 5.81. The van der Waals surface area contributed by atoms with E-state index in [-0.39, 0.29) is 5.56 Å². The van der Waals surface area contributed by atoms with E-state index in [4.69, 9.17) is 4.42 Å². The molecule has 0 aliphatic carbocycles. The van der Waals surface area contributed by atoms with Crippen LogP contribution < -0.4 is 11.0 Å². The number of hydrazone groups is 1. The third-order valence-electron chi connectivity index (χ3n) is 2.21. The van der Waals surface area contributed by atoms with Gasteiger partial charge in [-0.3, -0.25) is 9.78 Å². The zero-order chi connectivity index (χ0) is 12.8. The van der Waals surface area contributed by atoms with Gasteiger partial charge in [-0.05, 0) is 18.6 Å². The molecule has 0 saturated heterocycles. The predicted molar refractivity (Wildman–Crippen MR) is 68.8 cm³/mol. The van der Waals surface area contributed by atoms with Gasteiger partial charge < -0.3 is 4.42 Å². The van der Waals surface area contributed by atoms with Gasteiger partial charge in [-0.1, -0.05) is 13.3 Å². The molecule has 0 fully saturated rings. The minimum atomic E-state index is -0.191. The zero-order valence-electron chi connectivity index (χ0n) is 10.0. The molecule has 0 saturated carbocycles. The molecule has 6 heteroatoms. The van der Waals surface area contributed by atoms with E-state index in [1.807, 2.05) is 6.92 Å². The lowest BCUT2D eigenvalue weighted by atomic mass is 10.2. The van der Waals surface area contributed by atoms with Crippen LogP contribution in [0.4, 0.5) is 5.95 Å². The summed E-state index contributed by atoms with van der Waals surface area (Å²) in [5, 5.41) is 3.93. The van der Waals surface area contributed by atoms with E-state index < -0.39 is 0 Å². The van der Waals surface area contributed by atoms with Crippen LogP contribution in [0, 0.1) is 0 Å². The molecule has 2 heterocycles. The van der Waals surface area contributed by atoms with Gasteiger partial charge in [-0.25, -0.2) is 10.4 Å². The lowest BCUT2D eigenvalue weighted by Gasteiger charge is -2.01. The molecule has 2 N–H and O–H groups in total. The van der Waals surface area contributed by atoms with Crippen LogP contribution >= 0.6 is 0 Å². The molecule has 0 aromatic carbocycles. The number of H-pyrrole nitrogens is 1. The number of rotatable bonds is 5. The number of aromatic amines is 1. The van der Waals surface area contributed by atoms with Gasteiger partial charge in [-0.15, -0.1) is 0 Å². The predicted octanol–water partition coefficient (Wildman–Crippen LogP) is 1.76. The Kier molecular flexibility index (Phi) is 3.90. The van der Waals surface area contributed by atoms with Gasteiger partial charge in [0, 0.05) is 11.8 Å². The van der Waals surface area contributed by atoms with Crippen molar-refractivity contribution < 1.29 is 4.42 Å². The van der Waals surface area contributed by atoms with Crippen LogP contribution in [0.15, 0.2) is 38.8 Å². The van der Waals surface area contributed by atoms with Gasteiger partial charge in [0.1, 0.15) is 5.76 Å². The first-order valence-corrected chi connectivity index (χ1v) is 5.70. The lowest BCUT2D eigenvalue weighted by molar-refractivity contribution is 0.560. The van der Waals surface area contributed by atoms with Crippen molar-refractivity contribution in [2.24, 2.45) is 5.10 Å². The van der Waals surface area contributed by atoms with Crippen LogP contribution in [0.5, 0.6) is 0 Å². The molecule has 2 aromatic heterocycles. The molecule has 2 aromatic rings. The highest BCUT2D eigenvalue weighted by atomic mass is 16.3. The highest BCUT2D eigenvalue weighted by Crippen LogP contribution is 2.01. The van der Waals surface area contributed by atoms with Crippen molar-refractivity contribution in [3.05, 3.63) is 46.3 Å². The number of nitrogens with one attached hydrogen (secondary N) is 2. The number of furan rings is 1. The van der Waals surface area contributed by atoms with Crippen LogP contribution in [0.25, 0.3) is 0 Å². The first-order valence-electron chi connectivity index (χ1n) is 5.70. The number of nitrogens with zero attached hydrogens (tertiary/aromatic N) is 2. The quantitative estimate of drug-likeness (QED) is 0.622.